The minimum Gasteiger partial charge on any atom is -0.452 e. The van der Waals surface area contributed by atoms with Crippen LogP contribution in [0.25, 0.3) is 6.08 Å². The summed E-state index contributed by atoms with van der Waals surface area (Å²) in [5.41, 5.74) is 1.73. The minimum atomic E-state index is -3.83. The van der Waals surface area contributed by atoms with E-state index in [1.807, 2.05) is 36.4 Å². The SMILES string of the molecule is O=C(COC(=O)c1cccc(NS(=O)(=O)/C=C/c2ccccc2)c1)NC(=O)NCc1ccccc1. The maximum atomic E-state index is 12.3. The molecule has 0 aromatic heterocycles. The van der Waals surface area contributed by atoms with E-state index < -0.39 is 34.5 Å². The largest absolute Gasteiger partial charge is 0.452 e. The third-order valence-electron chi connectivity index (χ3n) is 4.48. The van der Waals surface area contributed by atoms with E-state index in [0.717, 1.165) is 11.0 Å². The summed E-state index contributed by atoms with van der Waals surface area (Å²) in [6.07, 6.45) is 1.44. The van der Waals surface area contributed by atoms with Crippen LogP contribution in [0.3, 0.4) is 0 Å². The van der Waals surface area contributed by atoms with E-state index in [1.54, 1.807) is 24.3 Å². The number of hydrogen-bond donors (Lipinski definition) is 3. The number of esters is 1. The van der Waals surface area contributed by atoms with Crippen molar-refractivity contribution in [1.29, 1.82) is 0 Å². The maximum absolute atomic E-state index is 12.3. The van der Waals surface area contributed by atoms with Crippen molar-refractivity contribution < 1.29 is 27.5 Å². The second-order valence-electron chi connectivity index (χ2n) is 7.23. The fourth-order valence-electron chi connectivity index (χ4n) is 2.84. The van der Waals surface area contributed by atoms with Gasteiger partial charge in [0.05, 0.1) is 11.0 Å². The predicted molar refractivity (Wildman–Crippen MR) is 132 cm³/mol. The van der Waals surface area contributed by atoms with Crippen molar-refractivity contribution in [3.63, 3.8) is 0 Å². The molecule has 0 atom stereocenters. The monoisotopic (exact) mass is 493 g/mol. The minimum absolute atomic E-state index is 0.0265. The van der Waals surface area contributed by atoms with Crippen molar-refractivity contribution in [2.45, 2.75) is 6.54 Å². The molecular weight excluding hydrogens is 470 g/mol. The topological polar surface area (TPSA) is 131 Å². The van der Waals surface area contributed by atoms with Crippen molar-refractivity contribution in [2.24, 2.45) is 0 Å². The molecule has 0 aliphatic rings. The number of carbonyl (C=O) groups is 3. The van der Waals surface area contributed by atoms with Gasteiger partial charge >= 0.3 is 12.0 Å². The Bertz CT molecular complexity index is 1310. The number of urea groups is 1. The number of sulfonamides is 1. The van der Waals surface area contributed by atoms with Gasteiger partial charge in [-0.05, 0) is 35.4 Å². The summed E-state index contributed by atoms with van der Waals surface area (Å²) in [6.45, 7) is -0.462. The Labute approximate surface area is 202 Å². The van der Waals surface area contributed by atoms with E-state index >= 15 is 0 Å². The molecule has 180 valence electrons. The lowest BCUT2D eigenvalue weighted by atomic mass is 10.2. The summed E-state index contributed by atoms with van der Waals surface area (Å²) in [7, 11) is -3.83. The van der Waals surface area contributed by atoms with Gasteiger partial charge in [-0.3, -0.25) is 14.8 Å². The molecule has 0 aliphatic carbocycles. The lowest BCUT2D eigenvalue weighted by molar-refractivity contribution is -0.123. The Morgan fingerprint density at radius 2 is 1.54 bits per heavy atom. The Morgan fingerprint density at radius 3 is 2.26 bits per heavy atom. The summed E-state index contributed by atoms with van der Waals surface area (Å²) in [5.74, 6) is -1.67. The van der Waals surface area contributed by atoms with Crippen LogP contribution >= 0.6 is 0 Å². The summed E-state index contributed by atoms with van der Waals surface area (Å²) in [5, 5.41) is 5.59. The average Bonchev–Trinajstić information content (AvgIpc) is 2.86. The highest BCUT2D eigenvalue weighted by Crippen LogP contribution is 2.14. The Hall–Kier alpha value is -4.44. The molecule has 3 N–H and O–H groups in total. The molecule has 35 heavy (non-hydrogen) atoms. The van der Waals surface area contributed by atoms with E-state index in [4.69, 9.17) is 4.74 Å². The molecule has 0 fully saturated rings. The van der Waals surface area contributed by atoms with Crippen LogP contribution in [0.15, 0.2) is 90.3 Å². The fraction of sp³-hybridized carbons (Fsp3) is 0.0800. The highest BCUT2D eigenvalue weighted by Gasteiger charge is 2.14. The van der Waals surface area contributed by atoms with Crippen LogP contribution in [-0.4, -0.2) is 32.9 Å². The molecular formula is C25H23N3O6S. The highest BCUT2D eigenvalue weighted by atomic mass is 32.2. The van der Waals surface area contributed by atoms with Crippen molar-refractivity contribution in [3.8, 4) is 0 Å². The Morgan fingerprint density at radius 1 is 0.857 bits per heavy atom. The van der Waals surface area contributed by atoms with E-state index in [2.05, 4.69) is 15.4 Å². The number of hydrogen-bond acceptors (Lipinski definition) is 6. The number of ether oxygens (including phenoxy) is 1. The molecule has 0 aliphatic heterocycles. The molecule has 3 rings (SSSR count). The molecule has 0 bridgehead atoms. The van der Waals surface area contributed by atoms with Gasteiger partial charge in [-0.1, -0.05) is 66.7 Å². The smallest absolute Gasteiger partial charge is 0.338 e. The van der Waals surface area contributed by atoms with Gasteiger partial charge in [0.25, 0.3) is 15.9 Å². The fourth-order valence-corrected chi connectivity index (χ4v) is 3.70. The lowest BCUT2D eigenvalue weighted by Crippen LogP contribution is -2.41. The van der Waals surface area contributed by atoms with E-state index in [1.165, 1.54) is 30.3 Å². The number of rotatable bonds is 9. The zero-order valence-corrected chi connectivity index (χ0v) is 19.3. The van der Waals surface area contributed by atoms with Crippen LogP contribution in [-0.2, 0) is 26.1 Å². The number of carbonyl (C=O) groups excluding carboxylic acids is 3. The zero-order chi connectivity index (χ0) is 25.1. The van der Waals surface area contributed by atoms with Gasteiger partial charge in [0.1, 0.15) is 0 Å². The molecule has 0 heterocycles. The first-order valence-corrected chi connectivity index (χ1v) is 12.0. The molecule has 3 aromatic carbocycles. The summed E-state index contributed by atoms with van der Waals surface area (Å²) < 4.78 is 31.9. The van der Waals surface area contributed by atoms with E-state index in [-0.39, 0.29) is 17.8 Å². The number of anilines is 1. The van der Waals surface area contributed by atoms with Crippen molar-refractivity contribution in [2.75, 3.05) is 11.3 Å². The second kappa shape index (κ2) is 12.1. The van der Waals surface area contributed by atoms with Crippen LogP contribution in [0.4, 0.5) is 10.5 Å². The number of imide groups is 1. The molecule has 0 saturated heterocycles. The summed E-state index contributed by atoms with van der Waals surface area (Å²) in [4.78, 5) is 36.0. The third kappa shape index (κ3) is 8.78. The number of amides is 3. The van der Waals surface area contributed by atoms with Crippen LogP contribution in [0.5, 0.6) is 0 Å². The lowest BCUT2D eigenvalue weighted by Gasteiger charge is -2.09. The van der Waals surface area contributed by atoms with Gasteiger partial charge < -0.3 is 10.1 Å². The number of nitrogens with one attached hydrogen (secondary N) is 3. The van der Waals surface area contributed by atoms with E-state index in [9.17, 15) is 22.8 Å². The van der Waals surface area contributed by atoms with Gasteiger partial charge in [0, 0.05) is 12.2 Å². The Kier molecular flexibility index (Phi) is 8.74. The normalized spacial score (nSPS) is 11.0. The van der Waals surface area contributed by atoms with Gasteiger partial charge in [-0.15, -0.1) is 0 Å². The highest BCUT2D eigenvalue weighted by molar-refractivity contribution is 7.95. The molecule has 0 spiro atoms. The molecule has 3 amide bonds. The first kappa shape index (κ1) is 25.2. The molecule has 10 heteroatoms. The van der Waals surface area contributed by atoms with Gasteiger partial charge in [0.2, 0.25) is 0 Å². The van der Waals surface area contributed by atoms with Crippen molar-refractivity contribution >= 4 is 39.7 Å². The van der Waals surface area contributed by atoms with Crippen LogP contribution < -0.4 is 15.4 Å². The van der Waals surface area contributed by atoms with Gasteiger partial charge in [-0.2, -0.15) is 0 Å². The number of benzene rings is 3. The average molecular weight is 494 g/mol. The van der Waals surface area contributed by atoms with Crippen molar-refractivity contribution in [1.82, 2.24) is 10.6 Å². The van der Waals surface area contributed by atoms with Crippen molar-refractivity contribution in [3.05, 3.63) is 107 Å². The van der Waals surface area contributed by atoms with E-state index in [0.29, 0.717) is 5.56 Å². The quantitative estimate of drug-likeness (QED) is 0.392. The van der Waals surface area contributed by atoms with Crippen LogP contribution in [0.1, 0.15) is 21.5 Å². The predicted octanol–water partition coefficient (Wildman–Crippen LogP) is 3.28. The Balaban J connectivity index is 1.48. The third-order valence-corrected chi connectivity index (χ3v) is 5.50. The first-order valence-electron chi connectivity index (χ1n) is 10.5. The molecule has 0 unspecified atom stereocenters. The maximum Gasteiger partial charge on any atom is 0.338 e. The molecule has 0 saturated carbocycles. The molecule has 3 aromatic rings. The standard InChI is InChI=1S/C25H23N3O6S/c29-23(27-25(31)26-17-20-10-5-2-6-11-20)18-34-24(30)21-12-7-13-22(16-21)28-35(32,33)15-14-19-8-3-1-4-9-19/h1-16,28H,17-18H2,(H2,26,27,29,31)/b15-14+. The summed E-state index contributed by atoms with van der Waals surface area (Å²) in [6, 6.07) is 22.9. The molecule has 9 nitrogen and oxygen atoms in total. The van der Waals surface area contributed by atoms with Gasteiger partial charge in [0.15, 0.2) is 6.61 Å². The van der Waals surface area contributed by atoms with Crippen LogP contribution in [0.2, 0.25) is 0 Å². The molecule has 0 radical (unpaired) electrons. The summed E-state index contributed by atoms with van der Waals surface area (Å²) >= 11 is 0. The second-order valence-corrected chi connectivity index (χ2v) is 8.80. The first-order chi connectivity index (χ1) is 16.8. The zero-order valence-electron chi connectivity index (χ0n) is 18.5. The van der Waals surface area contributed by atoms with Gasteiger partial charge in [-0.25, -0.2) is 18.0 Å². The van der Waals surface area contributed by atoms with Crippen LogP contribution in [0, 0.1) is 0 Å².